The van der Waals surface area contributed by atoms with Crippen LogP contribution in [0.1, 0.15) is 0 Å². The fraction of sp³-hybridized carbons (Fsp3) is 0.455. The van der Waals surface area contributed by atoms with Gasteiger partial charge in [0.25, 0.3) is 0 Å². The molecule has 1 aromatic rings. The number of para-hydroxylation sites is 2. The molecule has 0 radical (unpaired) electrons. The van der Waals surface area contributed by atoms with E-state index in [4.69, 9.17) is 9.47 Å². The van der Waals surface area contributed by atoms with Gasteiger partial charge in [0.05, 0.1) is 0 Å². The van der Waals surface area contributed by atoms with Crippen molar-refractivity contribution >= 4 is 0 Å². The van der Waals surface area contributed by atoms with Crippen LogP contribution in [0.2, 0.25) is 0 Å². The van der Waals surface area contributed by atoms with Gasteiger partial charge in [-0.2, -0.15) is 0 Å². The van der Waals surface area contributed by atoms with Crippen molar-refractivity contribution in [3.8, 4) is 11.5 Å². The lowest BCUT2D eigenvalue weighted by Gasteiger charge is -2.28. The van der Waals surface area contributed by atoms with Crippen LogP contribution in [0.15, 0.2) is 24.3 Å². The summed E-state index contributed by atoms with van der Waals surface area (Å²) in [6.45, 7) is 1.91. The molecule has 1 fully saturated rings. The van der Waals surface area contributed by atoms with Crippen molar-refractivity contribution in [1.82, 2.24) is 4.90 Å². The molecule has 0 unspecified atom stereocenters. The third kappa shape index (κ3) is 1.16. The Morgan fingerprint density at radius 1 is 1.07 bits per heavy atom. The van der Waals surface area contributed by atoms with E-state index in [2.05, 4.69) is 11.9 Å². The van der Waals surface area contributed by atoms with Crippen molar-refractivity contribution in [1.29, 1.82) is 0 Å². The van der Waals surface area contributed by atoms with Crippen molar-refractivity contribution < 1.29 is 9.47 Å². The summed E-state index contributed by atoms with van der Waals surface area (Å²) in [4.78, 5) is 2.24. The summed E-state index contributed by atoms with van der Waals surface area (Å²) in [5.41, 5.74) is 0. The second kappa shape index (κ2) is 2.89. The van der Waals surface area contributed by atoms with Gasteiger partial charge in [-0.15, -0.1) is 0 Å². The highest BCUT2D eigenvalue weighted by atomic mass is 16.6. The quantitative estimate of drug-likeness (QED) is 0.614. The molecule has 0 aliphatic carbocycles. The summed E-state index contributed by atoms with van der Waals surface area (Å²) >= 11 is 0. The molecular weight excluding hydrogens is 178 g/mol. The number of likely N-dealkylation sites (N-methyl/N-ethyl adjacent to an activating group) is 1. The fourth-order valence-corrected chi connectivity index (χ4v) is 2.12. The van der Waals surface area contributed by atoms with Crippen LogP contribution in [0.4, 0.5) is 0 Å². The van der Waals surface area contributed by atoms with Gasteiger partial charge in [-0.3, -0.25) is 4.90 Å². The molecule has 0 N–H and O–H groups in total. The van der Waals surface area contributed by atoms with Crippen LogP contribution >= 0.6 is 0 Å². The molecule has 0 saturated carbocycles. The highest BCUT2D eigenvalue weighted by Crippen LogP contribution is 2.35. The van der Waals surface area contributed by atoms with E-state index in [1.807, 2.05) is 24.3 Å². The molecule has 74 valence electrons. The van der Waals surface area contributed by atoms with Crippen LogP contribution in [0.3, 0.4) is 0 Å². The maximum atomic E-state index is 5.86. The molecule has 2 heterocycles. The zero-order valence-electron chi connectivity index (χ0n) is 8.14. The predicted octanol–water partition coefficient (Wildman–Crippen LogP) is 1.14. The molecule has 2 atom stereocenters. The molecule has 0 spiro atoms. The standard InChI is InChI=1S/C11H13NO2/c1-12-6-10-11(7-12)14-9-5-3-2-4-8(9)13-10/h2-5,10-11H,6-7H2,1H3/t10-,11-/m0/s1. The van der Waals surface area contributed by atoms with Gasteiger partial charge in [0.2, 0.25) is 0 Å². The molecule has 0 amide bonds. The van der Waals surface area contributed by atoms with Crippen LogP contribution in [-0.4, -0.2) is 37.2 Å². The SMILES string of the molecule is CN1C[C@@H]2Oc3ccccc3O[C@H]2C1. The Labute approximate surface area is 83.2 Å². The van der Waals surface area contributed by atoms with E-state index in [9.17, 15) is 0 Å². The Bertz CT molecular complexity index is 320. The van der Waals surface area contributed by atoms with Gasteiger partial charge in [-0.05, 0) is 19.2 Å². The van der Waals surface area contributed by atoms with Gasteiger partial charge in [0, 0.05) is 13.1 Å². The maximum Gasteiger partial charge on any atom is 0.161 e. The molecular formula is C11H13NO2. The maximum absolute atomic E-state index is 5.86. The number of hydrogen-bond acceptors (Lipinski definition) is 3. The van der Waals surface area contributed by atoms with Gasteiger partial charge in [0.15, 0.2) is 11.5 Å². The zero-order valence-corrected chi connectivity index (χ0v) is 8.14. The first-order chi connectivity index (χ1) is 6.83. The minimum Gasteiger partial charge on any atom is -0.481 e. The third-order valence-electron chi connectivity index (χ3n) is 2.80. The first-order valence-corrected chi connectivity index (χ1v) is 4.94. The number of nitrogens with zero attached hydrogens (tertiary/aromatic N) is 1. The topological polar surface area (TPSA) is 21.7 Å². The van der Waals surface area contributed by atoms with Gasteiger partial charge in [-0.25, -0.2) is 0 Å². The van der Waals surface area contributed by atoms with Crippen LogP contribution in [0.5, 0.6) is 11.5 Å². The number of ether oxygens (including phenoxy) is 2. The highest BCUT2D eigenvalue weighted by Gasteiger charge is 2.38. The lowest BCUT2D eigenvalue weighted by atomic mass is 10.2. The lowest BCUT2D eigenvalue weighted by molar-refractivity contribution is 0.0552. The molecule has 0 aromatic heterocycles. The lowest BCUT2D eigenvalue weighted by Crippen LogP contribution is -2.38. The van der Waals surface area contributed by atoms with E-state index >= 15 is 0 Å². The number of benzene rings is 1. The number of fused-ring (bicyclic) bond motifs is 2. The fourth-order valence-electron chi connectivity index (χ4n) is 2.12. The van der Waals surface area contributed by atoms with Crippen LogP contribution in [0, 0.1) is 0 Å². The van der Waals surface area contributed by atoms with Crippen LogP contribution < -0.4 is 9.47 Å². The molecule has 2 aliphatic rings. The van der Waals surface area contributed by atoms with E-state index in [1.165, 1.54) is 0 Å². The number of rotatable bonds is 0. The van der Waals surface area contributed by atoms with Gasteiger partial charge in [0.1, 0.15) is 12.2 Å². The Hall–Kier alpha value is -1.22. The second-order valence-corrected chi connectivity index (χ2v) is 3.98. The average Bonchev–Trinajstić information content (AvgIpc) is 2.53. The summed E-state index contributed by atoms with van der Waals surface area (Å²) in [5.74, 6) is 1.76. The molecule has 1 aromatic carbocycles. The van der Waals surface area contributed by atoms with Gasteiger partial charge in [-0.1, -0.05) is 12.1 Å². The predicted molar refractivity (Wildman–Crippen MR) is 52.8 cm³/mol. The summed E-state index contributed by atoms with van der Waals surface area (Å²) in [6.07, 6.45) is 0.407. The molecule has 3 rings (SSSR count). The highest BCUT2D eigenvalue weighted by molar-refractivity contribution is 5.41. The van der Waals surface area contributed by atoms with E-state index in [-0.39, 0.29) is 12.2 Å². The monoisotopic (exact) mass is 191 g/mol. The third-order valence-corrected chi connectivity index (χ3v) is 2.80. The Morgan fingerprint density at radius 3 is 2.07 bits per heavy atom. The zero-order chi connectivity index (χ0) is 9.54. The molecule has 2 aliphatic heterocycles. The first-order valence-electron chi connectivity index (χ1n) is 4.94. The minimum absolute atomic E-state index is 0.204. The normalized spacial score (nSPS) is 30.1. The Morgan fingerprint density at radius 2 is 1.57 bits per heavy atom. The Balaban J connectivity index is 1.91. The Kier molecular flexibility index (Phi) is 1.67. The average molecular weight is 191 g/mol. The summed E-state index contributed by atoms with van der Waals surface area (Å²) in [7, 11) is 2.09. The first kappa shape index (κ1) is 8.12. The molecule has 0 bridgehead atoms. The number of hydrogen-bond donors (Lipinski definition) is 0. The molecule has 3 nitrogen and oxygen atoms in total. The van der Waals surface area contributed by atoms with Crippen LogP contribution in [-0.2, 0) is 0 Å². The van der Waals surface area contributed by atoms with Crippen molar-refractivity contribution in [2.24, 2.45) is 0 Å². The molecule has 14 heavy (non-hydrogen) atoms. The second-order valence-electron chi connectivity index (χ2n) is 3.98. The molecule has 3 heteroatoms. The van der Waals surface area contributed by atoms with E-state index in [0.717, 1.165) is 24.6 Å². The number of likely N-dealkylation sites (tertiary alicyclic amines) is 1. The van der Waals surface area contributed by atoms with Gasteiger partial charge < -0.3 is 9.47 Å². The minimum atomic E-state index is 0.204. The molecule has 1 saturated heterocycles. The van der Waals surface area contributed by atoms with Gasteiger partial charge >= 0.3 is 0 Å². The summed E-state index contributed by atoms with van der Waals surface area (Å²) < 4.78 is 11.7. The smallest absolute Gasteiger partial charge is 0.161 e. The largest absolute Gasteiger partial charge is 0.481 e. The van der Waals surface area contributed by atoms with Crippen molar-refractivity contribution in [2.75, 3.05) is 20.1 Å². The van der Waals surface area contributed by atoms with Crippen molar-refractivity contribution in [3.05, 3.63) is 24.3 Å². The summed E-state index contributed by atoms with van der Waals surface area (Å²) in [6, 6.07) is 7.87. The summed E-state index contributed by atoms with van der Waals surface area (Å²) in [5, 5.41) is 0. The van der Waals surface area contributed by atoms with Crippen LogP contribution in [0.25, 0.3) is 0 Å². The van der Waals surface area contributed by atoms with E-state index < -0.39 is 0 Å². The van der Waals surface area contributed by atoms with Crippen molar-refractivity contribution in [3.63, 3.8) is 0 Å². The van der Waals surface area contributed by atoms with Crippen molar-refractivity contribution in [2.45, 2.75) is 12.2 Å². The van der Waals surface area contributed by atoms with E-state index in [1.54, 1.807) is 0 Å². The van der Waals surface area contributed by atoms with E-state index in [0.29, 0.717) is 0 Å².